The van der Waals surface area contributed by atoms with Crippen molar-refractivity contribution in [3.05, 3.63) is 64.2 Å². The van der Waals surface area contributed by atoms with Crippen LogP contribution in [0, 0.1) is 6.92 Å². The first-order valence-electron chi connectivity index (χ1n) is 12.2. The number of fused-ring (bicyclic) bond motifs is 1. The predicted molar refractivity (Wildman–Crippen MR) is 131 cm³/mol. The monoisotopic (exact) mass is 577 g/mol. The van der Waals surface area contributed by atoms with E-state index in [0.717, 1.165) is 32.0 Å². The predicted octanol–water partition coefficient (Wildman–Crippen LogP) is 5.55. The van der Waals surface area contributed by atoms with E-state index in [1.807, 2.05) is 0 Å². The Morgan fingerprint density at radius 1 is 1.10 bits per heavy atom. The van der Waals surface area contributed by atoms with Gasteiger partial charge in [-0.1, -0.05) is 6.07 Å². The van der Waals surface area contributed by atoms with Crippen LogP contribution < -0.4 is 10.3 Å². The number of likely N-dealkylation sites (tertiary alicyclic amines) is 1. The van der Waals surface area contributed by atoms with Gasteiger partial charge in [0.05, 0.1) is 28.8 Å². The second kappa shape index (κ2) is 12.7. The van der Waals surface area contributed by atoms with E-state index in [0.29, 0.717) is 31.0 Å². The molecule has 1 atom stereocenters. The Bertz CT molecular complexity index is 1370. The lowest BCUT2D eigenvalue weighted by molar-refractivity contribution is -0.192. The molecule has 0 amide bonds. The summed E-state index contributed by atoms with van der Waals surface area (Å²) in [5.74, 6) is -1.89. The number of nitrogens with zero attached hydrogens (tertiary/aromatic N) is 3. The average Bonchev–Trinajstić information content (AvgIpc) is 2.86. The molecule has 7 nitrogen and oxygen atoms in total. The summed E-state index contributed by atoms with van der Waals surface area (Å²) >= 11 is 0. The van der Waals surface area contributed by atoms with Crippen molar-refractivity contribution in [1.29, 1.82) is 0 Å². The van der Waals surface area contributed by atoms with Gasteiger partial charge in [0.1, 0.15) is 17.7 Å². The summed E-state index contributed by atoms with van der Waals surface area (Å²) in [5, 5.41) is 6.67. The van der Waals surface area contributed by atoms with Gasteiger partial charge < -0.3 is 14.7 Å². The molecular formula is C26H26F7N3O4. The van der Waals surface area contributed by atoms with Crippen LogP contribution in [0.4, 0.5) is 30.7 Å². The van der Waals surface area contributed by atoms with Gasteiger partial charge in [-0.3, -0.25) is 9.36 Å². The van der Waals surface area contributed by atoms with E-state index in [1.165, 1.54) is 16.7 Å². The molecule has 1 aromatic heterocycles. The number of carbonyl (C=O) groups is 1. The molecule has 4 rings (SSSR count). The maximum Gasteiger partial charge on any atom is 0.490 e. The van der Waals surface area contributed by atoms with Crippen molar-refractivity contribution in [2.75, 3.05) is 26.2 Å². The van der Waals surface area contributed by atoms with Crippen LogP contribution >= 0.6 is 0 Å². The molecule has 1 aliphatic rings. The largest absolute Gasteiger partial charge is 0.494 e. The molecule has 0 bridgehead atoms. The molecule has 40 heavy (non-hydrogen) atoms. The maximum atomic E-state index is 13.5. The van der Waals surface area contributed by atoms with Gasteiger partial charge >= 0.3 is 18.3 Å². The number of carboxylic acids is 1. The fourth-order valence-electron chi connectivity index (χ4n) is 4.25. The van der Waals surface area contributed by atoms with E-state index >= 15 is 0 Å². The molecule has 1 N–H and O–H groups in total. The van der Waals surface area contributed by atoms with Crippen LogP contribution in [-0.4, -0.2) is 64.1 Å². The number of piperidine rings is 1. The zero-order chi connectivity index (χ0) is 29.7. The van der Waals surface area contributed by atoms with Crippen LogP contribution in [0.2, 0.25) is 0 Å². The van der Waals surface area contributed by atoms with Crippen molar-refractivity contribution in [2.24, 2.45) is 0 Å². The van der Waals surface area contributed by atoms with Crippen LogP contribution in [0.5, 0.6) is 5.75 Å². The second-order valence-electron chi connectivity index (χ2n) is 9.04. The highest BCUT2D eigenvalue weighted by molar-refractivity contribution is 5.82. The summed E-state index contributed by atoms with van der Waals surface area (Å²) in [6.45, 7) is 4.17. The Morgan fingerprint density at radius 3 is 2.33 bits per heavy atom. The van der Waals surface area contributed by atoms with Gasteiger partial charge in [-0.15, -0.1) is 0 Å². The van der Waals surface area contributed by atoms with Crippen LogP contribution in [0.1, 0.15) is 30.7 Å². The van der Waals surface area contributed by atoms with Crippen molar-refractivity contribution in [3.8, 4) is 11.4 Å². The molecule has 2 aromatic carbocycles. The minimum atomic E-state index is -5.08. The van der Waals surface area contributed by atoms with E-state index in [1.54, 1.807) is 31.2 Å². The summed E-state index contributed by atoms with van der Waals surface area (Å²) in [6.07, 6.45) is -8.25. The van der Waals surface area contributed by atoms with Crippen LogP contribution in [-0.2, 0) is 11.0 Å². The molecular weight excluding hydrogens is 551 g/mol. The molecule has 0 aliphatic carbocycles. The number of ether oxygens (including phenoxy) is 1. The Morgan fingerprint density at radius 2 is 1.75 bits per heavy atom. The molecule has 1 saturated heterocycles. The number of alkyl halides is 7. The van der Waals surface area contributed by atoms with Crippen LogP contribution in [0.3, 0.4) is 0 Å². The first-order valence-corrected chi connectivity index (χ1v) is 12.2. The lowest BCUT2D eigenvalue weighted by Gasteiger charge is -2.28. The molecule has 0 saturated carbocycles. The highest BCUT2D eigenvalue weighted by atomic mass is 19.4. The average molecular weight is 577 g/mol. The number of aliphatic carboxylic acids is 1. The lowest BCUT2D eigenvalue weighted by Crippen LogP contribution is -2.37. The highest BCUT2D eigenvalue weighted by Gasteiger charge is 2.38. The van der Waals surface area contributed by atoms with Crippen molar-refractivity contribution in [1.82, 2.24) is 14.5 Å². The molecule has 0 radical (unpaired) electrons. The molecule has 2 heterocycles. The van der Waals surface area contributed by atoms with Gasteiger partial charge in [0.25, 0.3) is 5.56 Å². The van der Waals surface area contributed by atoms with Gasteiger partial charge in [0.15, 0.2) is 0 Å². The molecule has 3 aromatic rings. The minimum Gasteiger partial charge on any atom is -0.494 e. The number of hydrogen-bond acceptors (Lipinski definition) is 5. The first-order chi connectivity index (χ1) is 18.7. The van der Waals surface area contributed by atoms with E-state index in [-0.39, 0.29) is 11.3 Å². The third-order valence-electron chi connectivity index (χ3n) is 6.04. The molecule has 1 fully saturated rings. The van der Waals surface area contributed by atoms with Gasteiger partial charge in [0.2, 0.25) is 0 Å². The topological polar surface area (TPSA) is 84.7 Å². The molecule has 1 aliphatic heterocycles. The van der Waals surface area contributed by atoms with E-state index in [4.69, 9.17) is 14.6 Å². The fourth-order valence-corrected chi connectivity index (χ4v) is 4.25. The van der Waals surface area contributed by atoms with E-state index in [9.17, 15) is 35.5 Å². The zero-order valence-corrected chi connectivity index (χ0v) is 21.2. The van der Waals surface area contributed by atoms with E-state index in [2.05, 4.69) is 9.88 Å². The Kier molecular flexibility index (Phi) is 9.77. The van der Waals surface area contributed by atoms with Crippen molar-refractivity contribution < 1.29 is 45.4 Å². The van der Waals surface area contributed by atoms with Crippen molar-refractivity contribution in [2.45, 2.75) is 44.7 Å². The smallest absolute Gasteiger partial charge is 0.490 e. The standard InChI is InChI=1S/C24H25F4N3O2.C2HF3O2/c1-16-29-21-7-2-6-20(24(26,27)28)22(21)23(32)31(16)18-8-10-19(11-9-18)33-14-4-13-30-12-3-5-17(25)15-30;3-2(4,5)1(6)7/h2,6-11,17H,3-5,12-15H2,1H3;(H,6,7). The third kappa shape index (κ3) is 7.93. The SMILES string of the molecule is Cc1nc2cccc(C(F)(F)F)c2c(=O)n1-c1ccc(OCCCN2CCCC(F)C2)cc1.O=C(O)C(F)(F)F. The summed E-state index contributed by atoms with van der Waals surface area (Å²) in [7, 11) is 0. The first kappa shape index (κ1) is 30.9. The van der Waals surface area contributed by atoms with Crippen LogP contribution in [0.25, 0.3) is 16.6 Å². The highest BCUT2D eigenvalue weighted by Crippen LogP contribution is 2.33. The van der Waals surface area contributed by atoms with Crippen molar-refractivity contribution in [3.63, 3.8) is 0 Å². The molecule has 14 heteroatoms. The number of halogens is 7. The van der Waals surface area contributed by atoms with Crippen molar-refractivity contribution >= 4 is 16.9 Å². The molecule has 218 valence electrons. The quantitative estimate of drug-likeness (QED) is 0.306. The van der Waals surface area contributed by atoms with Crippen LogP contribution in [0.15, 0.2) is 47.3 Å². The number of rotatable bonds is 6. The lowest BCUT2D eigenvalue weighted by atomic mass is 10.1. The van der Waals surface area contributed by atoms with E-state index < -0.39 is 41.0 Å². The third-order valence-corrected chi connectivity index (χ3v) is 6.04. The number of carboxylic acid groups (broad SMARTS) is 1. The maximum absolute atomic E-state index is 13.5. The van der Waals surface area contributed by atoms with Gasteiger partial charge in [-0.25, -0.2) is 14.2 Å². The van der Waals surface area contributed by atoms with Gasteiger partial charge in [-0.05, 0) is 69.1 Å². The Hall–Kier alpha value is -3.68. The van der Waals surface area contributed by atoms with Gasteiger partial charge in [0, 0.05) is 13.1 Å². The summed E-state index contributed by atoms with van der Waals surface area (Å²) < 4.78 is 92.5. The second-order valence-corrected chi connectivity index (χ2v) is 9.04. The minimum absolute atomic E-state index is 0.0105. The zero-order valence-electron chi connectivity index (χ0n) is 21.2. The number of benzene rings is 2. The Balaban J connectivity index is 0.000000559. The molecule has 0 spiro atoms. The Labute approximate surface area is 223 Å². The molecule has 1 unspecified atom stereocenters. The normalized spacial score (nSPS) is 16.4. The number of aryl methyl sites for hydroxylation is 1. The van der Waals surface area contributed by atoms with Gasteiger partial charge in [-0.2, -0.15) is 26.3 Å². The summed E-state index contributed by atoms with van der Waals surface area (Å²) in [5.41, 5.74) is -1.36. The summed E-state index contributed by atoms with van der Waals surface area (Å²) in [4.78, 5) is 28.3. The number of hydrogen-bond donors (Lipinski definition) is 1. The number of aromatic nitrogens is 2. The summed E-state index contributed by atoms with van der Waals surface area (Å²) in [6, 6.07) is 10.1. The fraction of sp³-hybridized carbons (Fsp3) is 0.423.